The van der Waals surface area contributed by atoms with Gasteiger partial charge in [-0.1, -0.05) is 45.1 Å². The Hall–Kier alpha value is -2.96. The maximum absolute atomic E-state index is 13.2. The van der Waals surface area contributed by atoms with E-state index in [0.29, 0.717) is 23.2 Å². The Labute approximate surface area is 175 Å². The molecule has 0 bridgehead atoms. The van der Waals surface area contributed by atoms with Crippen LogP contribution in [-0.4, -0.2) is 25.9 Å². The zero-order valence-electron chi connectivity index (χ0n) is 17.5. The average Bonchev–Trinajstić information content (AvgIpc) is 3.25. The van der Waals surface area contributed by atoms with Gasteiger partial charge in [-0.15, -0.1) is 0 Å². The summed E-state index contributed by atoms with van der Waals surface area (Å²) in [6, 6.07) is 7.12. The summed E-state index contributed by atoms with van der Waals surface area (Å²) in [6.07, 6.45) is 10.0. The minimum atomic E-state index is -0.270. The summed E-state index contributed by atoms with van der Waals surface area (Å²) in [7, 11) is 0. The molecular weight excluding hydrogens is 378 g/mol. The summed E-state index contributed by atoms with van der Waals surface area (Å²) in [6.45, 7) is 2.72. The van der Waals surface area contributed by atoms with Crippen molar-refractivity contribution in [1.29, 1.82) is 5.41 Å². The smallest absolute Gasteiger partial charge is 0.267 e. The van der Waals surface area contributed by atoms with Crippen LogP contribution in [0.25, 0.3) is 16.7 Å². The summed E-state index contributed by atoms with van der Waals surface area (Å²) in [4.78, 5) is 30.8. The van der Waals surface area contributed by atoms with Gasteiger partial charge in [-0.3, -0.25) is 19.4 Å². The van der Waals surface area contributed by atoms with Crippen molar-refractivity contribution < 1.29 is 4.79 Å². The third-order valence-electron chi connectivity index (χ3n) is 5.99. The van der Waals surface area contributed by atoms with Gasteiger partial charge < -0.3 is 9.88 Å². The Morgan fingerprint density at radius 1 is 1.23 bits per heavy atom. The molecule has 3 heterocycles. The number of fused-ring (bicyclic) bond motifs is 2. The van der Waals surface area contributed by atoms with Crippen molar-refractivity contribution in [2.24, 2.45) is 0 Å². The van der Waals surface area contributed by atoms with Crippen LogP contribution in [-0.2, 0) is 6.54 Å². The van der Waals surface area contributed by atoms with Crippen molar-refractivity contribution in [3.63, 3.8) is 0 Å². The van der Waals surface area contributed by atoms with E-state index in [0.717, 1.165) is 51.4 Å². The lowest BCUT2D eigenvalue weighted by molar-refractivity contribution is 0.0935. The van der Waals surface area contributed by atoms with Gasteiger partial charge in [-0.2, -0.15) is 0 Å². The highest BCUT2D eigenvalue weighted by Gasteiger charge is 2.21. The molecule has 1 amide bonds. The normalized spacial score (nSPS) is 14.6. The Kier molecular flexibility index (Phi) is 5.97. The quantitative estimate of drug-likeness (QED) is 0.464. The molecule has 158 valence electrons. The van der Waals surface area contributed by atoms with E-state index in [1.165, 1.54) is 4.40 Å². The lowest BCUT2D eigenvalue weighted by atomic mass is 10.1. The first-order chi connectivity index (χ1) is 14.6. The van der Waals surface area contributed by atoms with Crippen LogP contribution in [0.15, 0.2) is 35.3 Å². The topological polar surface area (TPSA) is 92.2 Å². The molecule has 0 saturated heterocycles. The minimum absolute atomic E-state index is 0.127. The highest BCUT2D eigenvalue weighted by Crippen LogP contribution is 2.18. The SMILES string of the molecule is CCCCCCn1c(=N)c(C(=O)NC2CCCC2)cc2c(=O)n3ccccc3nc21. The van der Waals surface area contributed by atoms with E-state index in [9.17, 15) is 9.59 Å². The zero-order chi connectivity index (χ0) is 21.1. The molecule has 7 heteroatoms. The number of unbranched alkanes of at least 4 members (excludes halogenated alkanes) is 3. The molecule has 3 aromatic heterocycles. The largest absolute Gasteiger partial charge is 0.349 e. The van der Waals surface area contributed by atoms with Gasteiger partial charge >= 0.3 is 0 Å². The zero-order valence-corrected chi connectivity index (χ0v) is 17.5. The van der Waals surface area contributed by atoms with Crippen LogP contribution < -0.4 is 16.4 Å². The van der Waals surface area contributed by atoms with Gasteiger partial charge in [0.05, 0.1) is 10.9 Å². The molecule has 2 N–H and O–H groups in total. The van der Waals surface area contributed by atoms with Crippen LogP contribution in [0.5, 0.6) is 0 Å². The third kappa shape index (κ3) is 3.88. The Bertz CT molecular complexity index is 1190. The van der Waals surface area contributed by atoms with Crippen molar-refractivity contribution >= 4 is 22.6 Å². The molecule has 1 saturated carbocycles. The molecular formula is C23H29N5O2. The van der Waals surface area contributed by atoms with Gasteiger partial charge in [0.15, 0.2) is 0 Å². The van der Waals surface area contributed by atoms with E-state index in [1.807, 2.05) is 6.07 Å². The van der Waals surface area contributed by atoms with Crippen LogP contribution in [0.4, 0.5) is 0 Å². The summed E-state index contributed by atoms with van der Waals surface area (Å²) in [5.74, 6) is -0.270. The van der Waals surface area contributed by atoms with Crippen LogP contribution in [0.1, 0.15) is 68.6 Å². The fourth-order valence-corrected chi connectivity index (χ4v) is 4.31. The minimum Gasteiger partial charge on any atom is -0.349 e. The predicted octanol–water partition coefficient (Wildman–Crippen LogP) is 3.38. The standard InChI is InChI=1S/C23H29N5O2/c1-2-3-4-8-14-28-20(24)17(22(29)25-16-10-5-6-11-16)15-18-21(28)26-19-12-7-9-13-27(19)23(18)30/h7,9,12-13,15-16,24H,2-6,8,10-11,14H2,1H3,(H,25,29). The molecule has 0 atom stereocenters. The van der Waals surface area contributed by atoms with Crippen LogP contribution in [0, 0.1) is 5.41 Å². The third-order valence-corrected chi connectivity index (χ3v) is 5.99. The van der Waals surface area contributed by atoms with Crippen molar-refractivity contribution in [2.75, 3.05) is 0 Å². The second-order valence-corrected chi connectivity index (χ2v) is 8.16. The first-order valence-electron chi connectivity index (χ1n) is 11.0. The van der Waals surface area contributed by atoms with Crippen LogP contribution >= 0.6 is 0 Å². The number of carbonyl (C=O) groups excluding carboxylic acids is 1. The molecule has 7 nitrogen and oxygen atoms in total. The summed E-state index contributed by atoms with van der Waals surface area (Å²) in [5.41, 5.74) is 1.18. The fraction of sp³-hybridized carbons (Fsp3) is 0.478. The van der Waals surface area contributed by atoms with Gasteiger partial charge in [-0.05, 0) is 37.5 Å². The molecule has 0 unspecified atom stereocenters. The number of aryl methyl sites for hydroxylation is 1. The van der Waals surface area contributed by atoms with Gasteiger partial charge in [0.1, 0.15) is 16.8 Å². The Balaban J connectivity index is 1.85. The number of hydrogen-bond acceptors (Lipinski definition) is 4. The van der Waals surface area contributed by atoms with Gasteiger partial charge in [-0.25, -0.2) is 4.98 Å². The van der Waals surface area contributed by atoms with E-state index in [4.69, 9.17) is 5.41 Å². The van der Waals surface area contributed by atoms with E-state index < -0.39 is 0 Å². The number of carbonyl (C=O) groups is 1. The Morgan fingerprint density at radius 2 is 2.03 bits per heavy atom. The van der Waals surface area contributed by atoms with Crippen LogP contribution in [0.2, 0.25) is 0 Å². The molecule has 4 rings (SSSR count). The summed E-state index contributed by atoms with van der Waals surface area (Å²) in [5, 5.41) is 12.2. The van der Waals surface area contributed by atoms with Crippen LogP contribution in [0.3, 0.4) is 0 Å². The Morgan fingerprint density at radius 3 is 2.80 bits per heavy atom. The highest BCUT2D eigenvalue weighted by molar-refractivity contribution is 5.97. The number of hydrogen-bond donors (Lipinski definition) is 2. The lowest BCUT2D eigenvalue weighted by Gasteiger charge is -2.16. The number of amides is 1. The van der Waals surface area contributed by atoms with Crippen molar-refractivity contribution in [2.45, 2.75) is 70.9 Å². The molecule has 0 aliphatic heterocycles. The van der Waals surface area contributed by atoms with Gasteiger partial charge in [0, 0.05) is 18.8 Å². The second kappa shape index (κ2) is 8.81. The van der Waals surface area contributed by atoms with Crippen molar-refractivity contribution in [3.8, 4) is 0 Å². The van der Waals surface area contributed by atoms with E-state index in [1.54, 1.807) is 29.0 Å². The molecule has 0 radical (unpaired) electrons. The number of pyridine rings is 2. The highest BCUT2D eigenvalue weighted by atomic mass is 16.2. The molecule has 1 aliphatic carbocycles. The average molecular weight is 408 g/mol. The first kappa shape index (κ1) is 20.3. The van der Waals surface area contributed by atoms with Gasteiger partial charge in [0.2, 0.25) is 0 Å². The number of nitrogens with zero attached hydrogens (tertiary/aromatic N) is 3. The monoisotopic (exact) mass is 407 g/mol. The maximum atomic E-state index is 13.2. The summed E-state index contributed by atoms with van der Waals surface area (Å²) < 4.78 is 3.23. The van der Waals surface area contributed by atoms with E-state index in [2.05, 4.69) is 17.2 Å². The first-order valence-corrected chi connectivity index (χ1v) is 11.0. The molecule has 0 spiro atoms. The molecule has 1 aliphatic rings. The molecule has 30 heavy (non-hydrogen) atoms. The molecule has 1 fully saturated rings. The lowest BCUT2D eigenvalue weighted by Crippen LogP contribution is -2.38. The second-order valence-electron chi connectivity index (χ2n) is 8.16. The van der Waals surface area contributed by atoms with E-state index in [-0.39, 0.29) is 28.6 Å². The molecule has 3 aromatic rings. The van der Waals surface area contributed by atoms with Crippen molar-refractivity contribution in [3.05, 3.63) is 51.9 Å². The van der Waals surface area contributed by atoms with Crippen molar-refractivity contribution in [1.82, 2.24) is 19.3 Å². The molecule has 0 aromatic carbocycles. The maximum Gasteiger partial charge on any atom is 0.267 e. The van der Waals surface area contributed by atoms with E-state index >= 15 is 0 Å². The number of aromatic nitrogens is 3. The fourth-order valence-electron chi connectivity index (χ4n) is 4.31. The summed E-state index contributed by atoms with van der Waals surface area (Å²) >= 11 is 0. The van der Waals surface area contributed by atoms with Gasteiger partial charge in [0.25, 0.3) is 11.5 Å². The number of rotatable bonds is 7. The predicted molar refractivity (Wildman–Crippen MR) is 117 cm³/mol. The number of nitrogens with one attached hydrogen (secondary N) is 2.